The number of hydrogen-bond donors (Lipinski definition) is 0. The summed E-state index contributed by atoms with van der Waals surface area (Å²) in [5, 5.41) is 1.20. The fourth-order valence-electron chi connectivity index (χ4n) is 2.25. The molecular weight excluding hydrogens is 232 g/mol. The summed E-state index contributed by atoms with van der Waals surface area (Å²) in [4.78, 5) is 9.51. The van der Waals surface area contributed by atoms with Crippen LogP contribution in [0.1, 0.15) is 76.4 Å². The number of fused-ring (bicyclic) bond motifs is 1. The summed E-state index contributed by atoms with van der Waals surface area (Å²) in [7, 11) is 0. The Morgan fingerprint density at radius 1 is 0.789 bits per heavy atom. The Balaban J connectivity index is 2.72. The van der Waals surface area contributed by atoms with Gasteiger partial charge in [0, 0.05) is 11.3 Å². The molecule has 0 unspecified atom stereocenters. The highest BCUT2D eigenvalue weighted by molar-refractivity contribution is 5.82. The van der Waals surface area contributed by atoms with Crippen LogP contribution in [0.4, 0.5) is 0 Å². The summed E-state index contributed by atoms with van der Waals surface area (Å²) in [6.45, 7) is 13.1. The van der Waals surface area contributed by atoms with E-state index in [1.54, 1.807) is 0 Å². The first-order valence-corrected chi connectivity index (χ1v) is 7.21. The van der Waals surface area contributed by atoms with Crippen molar-refractivity contribution < 1.29 is 0 Å². The quantitative estimate of drug-likeness (QED) is 0.772. The maximum absolute atomic E-state index is 4.76. The lowest BCUT2D eigenvalue weighted by molar-refractivity contribution is 0.742. The summed E-state index contributed by atoms with van der Waals surface area (Å²) in [6, 6.07) is 6.61. The third-order valence-electron chi connectivity index (χ3n) is 3.50. The molecule has 0 saturated heterocycles. The van der Waals surface area contributed by atoms with Crippen LogP contribution in [0.5, 0.6) is 0 Å². The summed E-state index contributed by atoms with van der Waals surface area (Å²) < 4.78 is 0. The molecule has 1 aromatic heterocycles. The predicted molar refractivity (Wildman–Crippen MR) is 81.8 cm³/mol. The van der Waals surface area contributed by atoms with Gasteiger partial charge in [-0.1, -0.05) is 53.7 Å². The molecule has 0 fully saturated rings. The van der Waals surface area contributed by atoms with E-state index in [2.05, 4.69) is 59.7 Å². The van der Waals surface area contributed by atoms with Crippen molar-refractivity contribution in [2.24, 2.45) is 0 Å². The van der Waals surface area contributed by atoms with Crippen LogP contribution >= 0.6 is 0 Å². The second-order valence-electron chi connectivity index (χ2n) is 6.21. The molecule has 1 heterocycles. The molecule has 0 aliphatic heterocycles. The van der Waals surface area contributed by atoms with Gasteiger partial charge in [-0.05, 0) is 23.5 Å². The van der Waals surface area contributed by atoms with Crippen LogP contribution in [-0.4, -0.2) is 9.97 Å². The van der Waals surface area contributed by atoms with Crippen molar-refractivity contribution in [3.63, 3.8) is 0 Å². The highest BCUT2D eigenvalue weighted by Crippen LogP contribution is 2.27. The Hall–Kier alpha value is -1.44. The van der Waals surface area contributed by atoms with Gasteiger partial charge in [0.15, 0.2) is 0 Å². The van der Waals surface area contributed by atoms with E-state index in [1.165, 1.54) is 16.6 Å². The number of benzene rings is 1. The largest absolute Gasteiger partial charge is 0.237 e. The van der Waals surface area contributed by atoms with Gasteiger partial charge in [-0.25, -0.2) is 9.97 Å². The van der Waals surface area contributed by atoms with Crippen molar-refractivity contribution in [1.29, 1.82) is 0 Å². The van der Waals surface area contributed by atoms with Crippen LogP contribution in [-0.2, 0) is 0 Å². The van der Waals surface area contributed by atoms with Gasteiger partial charge in [-0.2, -0.15) is 0 Å². The minimum Gasteiger partial charge on any atom is -0.237 e. The summed E-state index contributed by atoms with van der Waals surface area (Å²) >= 11 is 0. The second kappa shape index (κ2) is 5.28. The number of nitrogens with zero attached hydrogens (tertiary/aromatic N) is 2. The van der Waals surface area contributed by atoms with E-state index in [-0.39, 0.29) is 0 Å². The zero-order valence-corrected chi connectivity index (χ0v) is 12.9. The molecule has 0 amide bonds. The number of hydrogen-bond acceptors (Lipinski definition) is 2. The maximum Gasteiger partial charge on any atom is 0.131 e. The van der Waals surface area contributed by atoms with E-state index in [4.69, 9.17) is 9.97 Å². The fourth-order valence-corrected chi connectivity index (χ4v) is 2.25. The molecule has 0 bridgehead atoms. The highest BCUT2D eigenvalue weighted by Gasteiger charge is 2.13. The van der Waals surface area contributed by atoms with Gasteiger partial charge in [0.2, 0.25) is 0 Å². The number of rotatable bonds is 3. The average Bonchev–Trinajstić information content (AvgIpc) is 2.36. The van der Waals surface area contributed by atoms with Gasteiger partial charge in [0.1, 0.15) is 5.82 Å². The first kappa shape index (κ1) is 14.0. The Morgan fingerprint density at radius 3 is 2.00 bits per heavy atom. The predicted octanol–water partition coefficient (Wildman–Crippen LogP) is 5.00. The first-order chi connectivity index (χ1) is 8.90. The maximum atomic E-state index is 4.76. The van der Waals surface area contributed by atoms with Crippen molar-refractivity contribution >= 4 is 10.9 Å². The van der Waals surface area contributed by atoms with E-state index < -0.39 is 0 Å². The molecule has 0 aliphatic carbocycles. The van der Waals surface area contributed by atoms with E-state index in [0.717, 1.165) is 11.3 Å². The molecule has 0 aliphatic rings. The molecule has 0 spiro atoms. The molecule has 2 rings (SSSR count). The topological polar surface area (TPSA) is 25.8 Å². The molecule has 0 radical (unpaired) electrons. The Kier molecular flexibility index (Phi) is 3.88. The van der Waals surface area contributed by atoms with E-state index >= 15 is 0 Å². The van der Waals surface area contributed by atoms with Crippen LogP contribution in [0.25, 0.3) is 10.9 Å². The van der Waals surface area contributed by atoms with E-state index in [1.807, 2.05) is 0 Å². The highest BCUT2D eigenvalue weighted by atomic mass is 14.9. The Morgan fingerprint density at radius 2 is 1.47 bits per heavy atom. The van der Waals surface area contributed by atoms with Crippen LogP contribution in [0.15, 0.2) is 18.2 Å². The summed E-state index contributed by atoms with van der Waals surface area (Å²) in [6.07, 6.45) is 0. The first-order valence-electron chi connectivity index (χ1n) is 7.21. The Labute approximate surface area is 116 Å². The minimum atomic E-state index is 0.365. The third kappa shape index (κ3) is 2.78. The van der Waals surface area contributed by atoms with Crippen LogP contribution in [0, 0.1) is 0 Å². The molecule has 0 saturated carbocycles. The number of aromatic nitrogens is 2. The zero-order valence-electron chi connectivity index (χ0n) is 12.9. The second-order valence-corrected chi connectivity index (χ2v) is 6.21. The van der Waals surface area contributed by atoms with Crippen molar-refractivity contribution in [2.45, 2.75) is 59.3 Å². The van der Waals surface area contributed by atoms with E-state index in [0.29, 0.717) is 17.8 Å². The van der Waals surface area contributed by atoms with Gasteiger partial charge >= 0.3 is 0 Å². The van der Waals surface area contributed by atoms with Crippen molar-refractivity contribution in [3.8, 4) is 0 Å². The van der Waals surface area contributed by atoms with Gasteiger partial charge in [0.05, 0.1) is 11.2 Å². The molecule has 0 N–H and O–H groups in total. The van der Waals surface area contributed by atoms with Gasteiger partial charge in [-0.3, -0.25) is 0 Å². The van der Waals surface area contributed by atoms with Crippen LogP contribution in [0.3, 0.4) is 0 Å². The van der Waals surface area contributed by atoms with Crippen molar-refractivity contribution in [1.82, 2.24) is 9.97 Å². The molecule has 1 aromatic carbocycles. The smallest absolute Gasteiger partial charge is 0.131 e. The minimum absolute atomic E-state index is 0.365. The van der Waals surface area contributed by atoms with Crippen molar-refractivity contribution in [2.75, 3.05) is 0 Å². The standard InChI is InChI=1S/C17H24N2/c1-10(2)13-7-8-14-15(9-13)18-17(12(5)6)19-16(14)11(3)4/h7-12H,1-6H3. The molecule has 102 valence electrons. The lowest BCUT2D eigenvalue weighted by Gasteiger charge is -2.14. The lowest BCUT2D eigenvalue weighted by atomic mass is 9.98. The molecule has 2 nitrogen and oxygen atoms in total. The van der Waals surface area contributed by atoms with Crippen molar-refractivity contribution in [3.05, 3.63) is 35.3 Å². The molecule has 0 atom stereocenters. The zero-order chi connectivity index (χ0) is 14.2. The lowest BCUT2D eigenvalue weighted by Crippen LogP contribution is -2.04. The average molecular weight is 256 g/mol. The molecule has 2 aromatic rings. The SMILES string of the molecule is CC(C)c1ccc2c(C(C)C)nc(C(C)C)nc2c1. The van der Waals surface area contributed by atoms with Gasteiger partial charge in [-0.15, -0.1) is 0 Å². The normalized spacial score (nSPS) is 12.1. The Bertz CT molecular complexity index is 578. The van der Waals surface area contributed by atoms with E-state index in [9.17, 15) is 0 Å². The van der Waals surface area contributed by atoms with Crippen LogP contribution in [0.2, 0.25) is 0 Å². The van der Waals surface area contributed by atoms with Crippen LogP contribution < -0.4 is 0 Å². The molecule has 2 heteroatoms. The monoisotopic (exact) mass is 256 g/mol. The molecule has 19 heavy (non-hydrogen) atoms. The fraction of sp³-hybridized carbons (Fsp3) is 0.529. The third-order valence-corrected chi connectivity index (χ3v) is 3.50. The van der Waals surface area contributed by atoms with Gasteiger partial charge < -0.3 is 0 Å². The summed E-state index contributed by atoms with van der Waals surface area (Å²) in [5.74, 6) is 2.28. The molecular formula is C17H24N2. The van der Waals surface area contributed by atoms with Gasteiger partial charge in [0.25, 0.3) is 0 Å². The summed E-state index contributed by atoms with van der Waals surface area (Å²) in [5.41, 5.74) is 3.60.